The van der Waals surface area contributed by atoms with Gasteiger partial charge in [-0.05, 0) is 11.4 Å². The van der Waals surface area contributed by atoms with Gasteiger partial charge in [0.05, 0.1) is 5.56 Å². The second kappa shape index (κ2) is 6.44. The van der Waals surface area contributed by atoms with Crippen LogP contribution in [0.2, 0.25) is 0 Å². The Labute approximate surface area is 90.1 Å². The van der Waals surface area contributed by atoms with Crippen molar-refractivity contribution in [1.82, 2.24) is 5.32 Å². The zero-order chi connectivity index (χ0) is 11.9. The predicted molar refractivity (Wildman–Crippen MR) is 53.7 cm³/mol. The molecule has 1 heterocycles. The lowest BCUT2D eigenvalue weighted by molar-refractivity contribution is -0.137. The SMILES string of the molecule is CCC(=O)NC.FC(F)(F)c1ccsc1. The van der Waals surface area contributed by atoms with E-state index in [1.807, 2.05) is 6.92 Å². The van der Waals surface area contributed by atoms with E-state index in [1.165, 1.54) is 5.38 Å². The van der Waals surface area contributed by atoms with E-state index in [0.29, 0.717) is 6.42 Å². The minimum Gasteiger partial charge on any atom is -0.359 e. The van der Waals surface area contributed by atoms with E-state index in [1.54, 1.807) is 7.05 Å². The van der Waals surface area contributed by atoms with Crippen molar-refractivity contribution < 1.29 is 18.0 Å². The van der Waals surface area contributed by atoms with Crippen LogP contribution in [0.3, 0.4) is 0 Å². The highest BCUT2D eigenvalue weighted by atomic mass is 32.1. The molecule has 0 fully saturated rings. The summed E-state index contributed by atoms with van der Waals surface area (Å²) in [7, 11) is 1.63. The lowest BCUT2D eigenvalue weighted by Crippen LogP contribution is -2.15. The van der Waals surface area contributed by atoms with Crippen molar-refractivity contribution >= 4 is 17.2 Å². The third-order valence-corrected chi connectivity index (χ3v) is 2.13. The molecule has 0 unspecified atom stereocenters. The fraction of sp³-hybridized carbons (Fsp3) is 0.444. The van der Waals surface area contributed by atoms with Crippen LogP contribution < -0.4 is 5.32 Å². The van der Waals surface area contributed by atoms with Crippen LogP contribution in [0.5, 0.6) is 0 Å². The van der Waals surface area contributed by atoms with Crippen molar-refractivity contribution in [3.8, 4) is 0 Å². The fourth-order valence-corrected chi connectivity index (χ4v) is 1.27. The van der Waals surface area contributed by atoms with Crippen molar-refractivity contribution in [1.29, 1.82) is 0 Å². The molecule has 1 N–H and O–H groups in total. The maximum atomic E-state index is 11.6. The smallest absolute Gasteiger partial charge is 0.359 e. The molecule has 0 saturated carbocycles. The Balaban J connectivity index is 0.000000288. The Hall–Kier alpha value is -1.04. The molecule has 0 aliphatic heterocycles. The van der Waals surface area contributed by atoms with Gasteiger partial charge in [-0.2, -0.15) is 24.5 Å². The van der Waals surface area contributed by atoms with Crippen LogP contribution in [0.4, 0.5) is 13.2 Å². The van der Waals surface area contributed by atoms with Crippen molar-refractivity contribution in [2.24, 2.45) is 0 Å². The van der Waals surface area contributed by atoms with E-state index >= 15 is 0 Å². The summed E-state index contributed by atoms with van der Waals surface area (Å²) in [5.74, 6) is 0.0926. The molecule has 0 radical (unpaired) electrons. The van der Waals surface area contributed by atoms with Crippen LogP contribution in [-0.2, 0) is 11.0 Å². The number of hydrogen-bond acceptors (Lipinski definition) is 2. The van der Waals surface area contributed by atoms with Gasteiger partial charge in [-0.3, -0.25) is 4.79 Å². The standard InChI is InChI=1S/C5H3F3S.C4H9NO/c6-5(7,8)4-1-2-9-3-4;1-3-4(6)5-2/h1-3H;3H2,1-2H3,(H,5,6). The first-order valence-electron chi connectivity index (χ1n) is 4.21. The number of nitrogens with one attached hydrogen (secondary N) is 1. The molecule has 6 heteroatoms. The number of rotatable bonds is 1. The normalized spacial score (nSPS) is 10.2. The Kier molecular flexibility index (Phi) is 6.00. The largest absolute Gasteiger partial charge is 0.417 e. The summed E-state index contributed by atoms with van der Waals surface area (Å²) in [6.45, 7) is 1.82. The van der Waals surface area contributed by atoms with Gasteiger partial charge in [0.25, 0.3) is 0 Å². The number of thiophene rings is 1. The van der Waals surface area contributed by atoms with Gasteiger partial charge in [-0.1, -0.05) is 6.92 Å². The second-order valence-electron chi connectivity index (χ2n) is 2.54. The van der Waals surface area contributed by atoms with Crippen LogP contribution >= 0.6 is 11.3 Å². The first kappa shape index (κ1) is 14.0. The molecule has 2 nitrogen and oxygen atoms in total. The summed E-state index contributed by atoms with van der Waals surface area (Å²) < 4.78 is 34.9. The van der Waals surface area contributed by atoms with E-state index in [-0.39, 0.29) is 5.91 Å². The Morgan fingerprint density at radius 1 is 1.53 bits per heavy atom. The summed E-state index contributed by atoms with van der Waals surface area (Å²) in [4.78, 5) is 10.1. The molecular formula is C9H12F3NOS. The Morgan fingerprint density at radius 2 is 2.13 bits per heavy atom. The van der Waals surface area contributed by atoms with E-state index in [0.717, 1.165) is 22.8 Å². The molecule has 15 heavy (non-hydrogen) atoms. The summed E-state index contributed by atoms with van der Waals surface area (Å²) in [5.41, 5.74) is -0.563. The van der Waals surface area contributed by atoms with Crippen LogP contribution in [0.25, 0.3) is 0 Å². The summed E-state index contributed by atoms with van der Waals surface area (Å²) in [5, 5.41) is 4.96. The number of carbonyl (C=O) groups is 1. The lowest BCUT2D eigenvalue weighted by Gasteiger charge is -1.99. The molecule has 0 saturated heterocycles. The van der Waals surface area contributed by atoms with Gasteiger partial charge in [-0.25, -0.2) is 0 Å². The van der Waals surface area contributed by atoms with Crippen molar-refractivity contribution in [2.75, 3.05) is 7.05 Å². The first-order valence-corrected chi connectivity index (χ1v) is 5.16. The average molecular weight is 239 g/mol. The number of alkyl halides is 3. The fourth-order valence-electron chi connectivity index (χ4n) is 0.603. The van der Waals surface area contributed by atoms with Crippen LogP contribution in [0.15, 0.2) is 16.8 Å². The molecule has 0 aliphatic carbocycles. The summed E-state index contributed by atoms with van der Waals surface area (Å²) in [6, 6.07) is 1.06. The van der Waals surface area contributed by atoms with Crippen molar-refractivity contribution in [3.63, 3.8) is 0 Å². The van der Waals surface area contributed by atoms with Gasteiger partial charge in [0.1, 0.15) is 0 Å². The molecule has 0 spiro atoms. The van der Waals surface area contributed by atoms with Crippen molar-refractivity contribution in [2.45, 2.75) is 19.5 Å². The zero-order valence-electron chi connectivity index (χ0n) is 8.39. The molecule has 1 amide bonds. The highest BCUT2D eigenvalue weighted by molar-refractivity contribution is 7.07. The second-order valence-corrected chi connectivity index (χ2v) is 3.32. The molecule has 1 aromatic rings. The van der Waals surface area contributed by atoms with E-state index in [4.69, 9.17) is 0 Å². The number of carbonyl (C=O) groups excluding carboxylic acids is 1. The summed E-state index contributed by atoms with van der Waals surface area (Å²) >= 11 is 1.05. The molecule has 0 bridgehead atoms. The minimum absolute atomic E-state index is 0.0926. The van der Waals surface area contributed by atoms with E-state index in [9.17, 15) is 18.0 Å². The number of halogens is 3. The molecule has 0 aliphatic rings. The third-order valence-electron chi connectivity index (χ3n) is 1.45. The number of hydrogen-bond donors (Lipinski definition) is 1. The van der Waals surface area contributed by atoms with E-state index < -0.39 is 11.7 Å². The molecule has 0 aromatic carbocycles. The first-order chi connectivity index (χ1) is 6.91. The minimum atomic E-state index is -4.17. The van der Waals surface area contributed by atoms with Crippen LogP contribution in [0, 0.1) is 0 Å². The summed E-state index contributed by atoms with van der Waals surface area (Å²) in [6.07, 6.45) is -3.59. The van der Waals surface area contributed by atoms with Gasteiger partial charge < -0.3 is 5.32 Å². The maximum Gasteiger partial charge on any atom is 0.417 e. The molecule has 86 valence electrons. The Bertz CT molecular complexity index is 276. The molecule has 1 aromatic heterocycles. The van der Waals surface area contributed by atoms with Gasteiger partial charge in [0.15, 0.2) is 0 Å². The molecular weight excluding hydrogens is 227 g/mol. The predicted octanol–water partition coefficient (Wildman–Crippen LogP) is 2.91. The monoisotopic (exact) mass is 239 g/mol. The van der Waals surface area contributed by atoms with E-state index in [2.05, 4.69) is 5.32 Å². The lowest BCUT2D eigenvalue weighted by atomic mass is 10.3. The zero-order valence-corrected chi connectivity index (χ0v) is 9.21. The van der Waals surface area contributed by atoms with Gasteiger partial charge in [-0.15, -0.1) is 0 Å². The number of amides is 1. The molecule has 0 atom stereocenters. The highest BCUT2D eigenvalue weighted by Crippen LogP contribution is 2.30. The third kappa shape index (κ3) is 6.11. The maximum absolute atomic E-state index is 11.6. The molecule has 1 rings (SSSR count). The van der Waals surface area contributed by atoms with Crippen LogP contribution in [0.1, 0.15) is 18.9 Å². The van der Waals surface area contributed by atoms with Gasteiger partial charge in [0.2, 0.25) is 5.91 Å². The quantitative estimate of drug-likeness (QED) is 0.802. The van der Waals surface area contributed by atoms with Crippen LogP contribution in [-0.4, -0.2) is 13.0 Å². The van der Waals surface area contributed by atoms with Gasteiger partial charge >= 0.3 is 6.18 Å². The van der Waals surface area contributed by atoms with Gasteiger partial charge in [0, 0.05) is 18.8 Å². The average Bonchev–Trinajstić information content (AvgIpc) is 2.69. The highest BCUT2D eigenvalue weighted by Gasteiger charge is 2.30. The topological polar surface area (TPSA) is 29.1 Å². The van der Waals surface area contributed by atoms with Crippen molar-refractivity contribution in [3.05, 3.63) is 22.4 Å². The Morgan fingerprint density at radius 3 is 2.27 bits per heavy atom.